The fraction of sp³-hybridized carbons (Fsp3) is 0.280. The molecule has 0 radical (unpaired) electrons. The van der Waals surface area contributed by atoms with Crippen molar-refractivity contribution in [2.75, 3.05) is 5.32 Å². The molecule has 5 rings (SSSR count). The number of pyridine rings is 1. The summed E-state index contributed by atoms with van der Waals surface area (Å²) >= 11 is 0. The molecule has 1 aliphatic heterocycles. The first kappa shape index (κ1) is 19.4. The summed E-state index contributed by atoms with van der Waals surface area (Å²) in [5.74, 6) is 0.593. The van der Waals surface area contributed by atoms with Gasteiger partial charge in [0.2, 0.25) is 0 Å². The third-order valence-electron chi connectivity index (χ3n) is 6.05. The summed E-state index contributed by atoms with van der Waals surface area (Å²) in [6.45, 7) is 2.72. The van der Waals surface area contributed by atoms with Crippen LogP contribution in [0.2, 0.25) is 0 Å². The van der Waals surface area contributed by atoms with Gasteiger partial charge in [0.1, 0.15) is 5.82 Å². The van der Waals surface area contributed by atoms with Crippen LogP contribution in [-0.4, -0.2) is 20.4 Å². The standard InChI is InChI=1S/C25H24N4O2/c1-16-9-12-20(18-7-6-13-26-23(16)18)28-24(30)17-10-11-19-21(15-17)27-22-8-4-2-3-5-14-29(22)25(19)31/h6-7,9-13,15H,2-5,8,14H2,1H3,(H,28,30). The molecule has 0 atom stereocenters. The Balaban J connectivity index is 1.52. The quantitative estimate of drug-likeness (QED) is 0.521. The van der Waals surface area contributed by atoms with Crippen molar-refractivity contribution in [3.8, 4) is 0 Å². The van der Waals surface area contributed by atoms with E-state index in [4.69, 9.17) is 4.98 Å². The molecule has 3 heterocycles. The fourth-order valence-corrected chi connectivity index (χ4v) is 4.35. The highest BCUT2D eigenvalue weighted by atomic mass is 16.1. The average Bonchev–Trinajstić information content (AvgIpc) is 2.77. The SMILES string of the molecule is Cc1ccc(NC(=O)c2ccc3c(=O)n4c(nc3c2)CCCCCC4)c2cccnc12. The van der Waals surface area contributed by atoms with Crippen LogP contribution >= 0.6 is 0 Å². The van der Waals surface area contributed by atoms with Crippen LogP contribution in [-0.2, 0) is 13.0 Å². The fourth-order valence-electron chi connectivity index (χ4n) is 4.35. The number of nitrogens with one attached hydrogen (secondary N) is 1. The van der Waals surface area contributed by atoms with Gasteiger partial charge in [-0.3, -0.25) is 19.1 Å². The van der Waals surface area contributed by atoms with Gasteiger partial charge in [0, 0.05) is 30.1 Å². The minimum absolute atomic E-state index is 0.00976. The molecule has 31 heavy (non-hydrogen) atoms. The average molecular weight is 412 g/mol. The molecule has 6 nitrogen and oxygen atoms in total. The first-order valence-electron chi connectivity index (χ1n) is 10.8. The van der Waals surface area contributed by atoms with Gasteiger partial charge < -0.3 is 5.32 Å². The lowest BCUT2D eigenvalue weighted by atomic mass is 10.1. The maximum absolute atomic E-state index is 13.0. The maximum Gasteiger partial charge on any atom is 0.261 e. The van der Waals surface area contributed by atoms with E-state index < -0.39 is 0 Å². The van der Waals surface area contributed by atoms with Crippen LogP contribution in [0.5, 0.6) is 0 Å². The van der Waals surface area contributed by atoms with Crippen molar-refractivity contribution < 1.29 is 4.79 Å². The molecule has 2 aromatic heterocycles. The van der Waals surface area contributed by atoms with Gasteiger partial charge in [-0.25, -0.2) is 4.98 Å². The first-order valence-corrected chi connectivity index (χ1v) is 10.8. The van der Waals surface area contributed by atoms with Gasteiger partial charge in [0.15, 0.2) is 0 Å². The second-order valence-electron chi connectivity index (χ2n) is 8.16. The van der Waals surface area contributed by atoms with Crippen LogP contribution in [0, 0.1) is 6.92 Å². The van der Waals surface area contributed by atoms with Gasteiger partial charge in [0.05, 0.1) is 22.1 Å². The summed E-state index contributed by atoms with van der Waals surface area (Å²) in [7, 11) is 0. The van der Waals surface area contributed by atoms with E-state index in [0.717, 1.165) is 54.4 Å². The van der Waals surface area contributed by atoms with E-state index in [2.05, 4.69) is 10.3 Å². The van der Waals surface area contributed by atoms with Crippen LogP contribution < -0.4 is 10.9 Å². The number of amides is 1. The number of hydrogen-bond acceptors (Lipinski definition) is 4. The molecular weight excluding hydrogens is 388 g/mol. The number of rotatable bonds is 2. The lowest BCUT2D eigenvalue weighted by molar-refractivity contribution is 0.102. The van der Waals surface area contributed by atoms with E-state index in [1.54, 1.807) is 24.4 Å². The van der Waals surface area contributed by atoms with E-state index in [0.29, 0.717) is 28.7 Å². The summed E-state index contributed by atoms with van der Waals surface area (Å²) in [4.78, 5) is 35.2. The van der Waals surface area contributed by atoms with Crippen molar-refractivity contribution in [2.45, 2.75) is 45.6 Å². The maximum atomic E-state index is 13.0. The Morgan fingerprint density at radius 3 is 2.81 bits per heavy atom. The molecule has 6 heteroatoms. The number of benzene rings is 2. The monoisotopic (exact) mass is 412 g/mol. The first-order chi connectivity index (χ1) is 15.1. The van der Waals surface area contributed by atoms with Crippen LogP contribution in [0.15, 0.2) is 53.5 Å². The molecule has 1 amide bonds. The third kappa shape index (κ3) is 3.58. The van der Waals surface area contributed by atoms with Gasteiger partial charge in [-0.2, -0.15) is 0 Å². The Kier molecular flexibility index (Phi) is 4.98. The van der Waals surface area contributed by atoms with E-state index >= 15 is 0 Å². The molecule has 0 aliphatic carbocycles. The van der Waals surface area contributed by atoms with E-state index in [-0.39, 0.29) is 11.5 Å². The van der Waals surface area contributed by atoms with Gasteiger partial charge in [0.25, 0.3) is 11.5 Å². The zero-order valence-electron chi connectivity index (χ0n) is 17.5. The molecule has 0 saturated heterocycles. The lowest BCUT2D eigenvalue weighted by Crippen LogP contribution is -2.26. The molecule has 0 fully saturated rings. The van der Waals surface area contributed by atoms with Gasteiger partial charge in [-0.05, 0) is 61.7 Å². The molecule has 4 aromatic rings. The van der Waals surface area contributed by atoms with Gasteiger partial charge in [-0.15, -0.1) is 0 Å². The lowest BCUT2D eigenvalue weighted by Gasteiger charge is -2.16. The second kappa shape index (κ2) is 7.95. The van der Waals surface area contributed by atoms with E-state index in [1.165, 1.54) is 0 Å². The van der Waals surface area contributed by atoms with Crippen molar-refractivity contribution in [1.82, 2.24) is 14.5 Å². The number of aromatic nitrogens is 3. The topological polar surface area (TPSA) is 76.9 Å². The summed E-state index contributed by atoms with van der Waals surface area (Å²) in [6.07, 6.45) is 6.89. The van der Waals surface area contributed by atoms with Crippen molar-refractivity contribution >= 4 is 33.4 Å². The summed E-state index contributed by atoms with van der Waals surface area (Å²) in [6, 6.07) is 12.8. The Morgan fingerprint density at radius 1 is 1.03 bits per heavy atom. The minimum Gasteiger partial charge on any atom is -0.321 e. The number of nitrogens with zero attached hydrogens (tertiary/aromatic N) is 3. The molecular formula is C25H24N4O2. The summed E-state index contributed by atoms with van der Waals surface area (Å²) in [5, 5.41) is 4.46. The smallest absolute Gasteiger partial charge is 0.261 e. The van der Waals surface area contributed by atoms with Crippen LogP contribution in [0.1, 0.15) is 47.4 Å². The number of aryl methyl sites for hydroxylation is 2. The second-order valence-corrected chi connectivity index (χ2v) is 8.16. The number of hydrogen-bond donors (Lipinski definition) is 1. The van der Waals surface area contributed by atoms with Gasteiger partial charge in [-0.1, -0.05) is 18.9 Å². The van der Waals surface area contributed by atoms with E-state index in [9.17, 15) is 9.59 Å². The summed E-state index contributed by atoms with van der Waals surface area (Å²) < 4.78 is 1.81. The van der Waals surface area contributed by atoms with Crippen molar-refractivity contribution in [3.63, 3.8) is 0 Å². The molecule has 1 aliphatic rings. The zero-order valence-corrected chi connectivity index (χ0v) is 17.5. The van der Waals surface area contributed by atoms with Crippen molar-refractivity contribution in [3.05, 3.63) is 76.0 Å². The zero-order chi connectivity index (χ0) is 21.4. The number of anilines is 1. The Labute approximate surface area is 180 Å². The van der Waals surface area contributed by atoms with Crippen LogP contribution in [0.3, 0.4) is 0 Å². The molecule has 0 unspecified atom stereocenters. The minimum atomic E-state index is -0.232. The Morgan fingerprint density at radius 2 is 1.90 bits per heavy atom. The number of fused-ring (bicyclic) bond motifs is 3. The molecule has 156 valence electrons. The number of carbonyl (C=O) groups is 1. The van der Waals surface area contributed by atoms with Crippen molar-refractivity contribution in [2.24, 2.45) is 0 Å². The van der Waals surface area contributed by atoms with Crippen molar-refractivity contribution in [1.29, 1.82) is 0 Å². The highest BCUT2D eigenvalue weighted by molar-refractivity contribution is 6.10. The summed E-state index contributed by atoms with van der Waals surface area (Å²) in [5.41, 5.74) is 3.69. The van der Waals surface area contributed by atoms with Crippen LogP contribution in [0.25, 0.3) is 21.8 Å². The largest absolute Gasteiger partial charge is 0.321 e. The number of carbonyl (C=O) groups excluding carboxylic acids is 1. The molecule has 2 aromatic carbocycles. The highest BCUT2D eigenvalue weighted by Gasteiger charge is 2.16. The molecule has 0 spiro atoms. The third-order valence-corrected chi connectivity index (χ3v) is 6.05. The molecule has 0 bridgehead atoms. The Bertz CT molecular complexity index is 1370. The van der Waals surface area contributed by atoms with Crippen LogP contribution in [0.4, 0.5) is 5.69 Å². The molecule has 1 N–H and O–H groups in total. The molecule has 0 saturated carbocycles. The normalized spacial score (nSPS) is 14.1. The van der Waals surface area contributed by atoms with E-state index in [1.807, 2.05) is 35.8 Å². The predicted molar refractivity (Wildman–Crippen MR) is 123 cm³/mol. The Hall–Kier alpha value is -3.54. The highest BCUT2D eigenvalue weighted by Crippen LogP contribution is 2.25. The van der Waals surface area contributed by atoms with Gasteiger partial charge >= 0.3 is 0 Å². The predicted octanol–water partition coefficient (Wildman–Crippen LogP) is 4.62.